The fourth-order valence-electron chi connectivity index (χ4n) is 2.89. The van der Waals surface area contributed by atoms with Crippen LogP contribution in [0.4, 0.5) is 4.39 Å². The third-order valence-corrected chi connectivity index (χ3v) is 4.45. The van der Waals surface area contributed by atoms with E-state index in [0.717, 1.165) is 38.3 Å². The predicted octanol–water partition coefficient (Wildman–Crippen LogP) is 2.90. The molecule has 0 saturated carbocycles. The Kier molecular flexibility index (Phi) is 5.36. The van der Waals surface area contributed by atoms with Crippen molar-refractivity contribution in [3.63, 3.8) is 0 Å². The van der Waals surface area contributed by atoms with E-state index >= 15 is 0 Å². The van der Waals surface area contributed by atoms with Gasteiger partial charge in [-0.15, -0.1) is 0 Å². The summed E-state index contributed by atoms with van der Waals surface area (Å²) in [4.78, 5) is 2.46. The molecule has 0 amide bonds. The number of morpholine rings is 1. The highest BCUT2D eigenvalue weighted by atomic mass is 19.1. The van der Waals surface area contributed by atoms with Crippen molar-refractivity contribution in [3.8, 4) is 0 Å². The van der Waals surface area contributed by atoms with Gasteiger partial charge in [0.05, 0.1) is 13.2 Å². The van der Waals surface area contributed by atoms with Crippen molar-refractivity contribution < 1.29 is 9.13 Å². The van der Waals surface area contributed by atoms with E-state index in [0.29, 0.717) is 5.56 Å². The Morgan fingerprint density at radius 1 is 1.43 bits per heavy atom. The second kappa shape index (κ2) is 6.86. The average Bonchev–Trinajstić information content (AvgIpc) is 2.44. The number of benzene rings is 1. The van der Waals surface area contributed by atoms with E-state index in [9.17, 15) is 4.39 Å². The van der Waals surface area contributed by atoms with Crippen LogP contribution in [0.25, 0.3) is 0 Å². The van der Waals surface area contributed by atoms with Crippen molar-refractivity contribution in [2.45, 2.75) is 38.8 Å². The maximum atomic E-state index is 13.7. The van der Waals surface area contributed by atoms with Gasteiger partial charge in [-0.2, -0.15) is 0 Å². The van der Waals surface area contributed by atoms with Gasteiger partial charge in [-0.3, -0.25) is 4.90 Å². The summed E-state index contributed by atoms with van der Waals surface area (Å²) in [6.07, 6.45) is 0.961. The van der Waals surface area contributed by atoms with Crippen LogP contribution in [0.2, 0.25) is 0 Å². The summed E-state index contributed by atoms with van der Waals surface area (Å²) < 4.78 is 19.3. The molecule has 1 aromatic carbocycles. The molecule has 3 nitrogen and oxygen atoms in total. The van der Waals surface area contributed by atoms with Crippen molar-refractivity contribution in [1.29, 1.82) is 0 Å². The van der Waals surface area contributed by atoms with Gasteiger partial charge in [-0.25, -0.2) is 4.39 Å². The van der Waals surface area contributed by atoms with E-state index in [1.165, 1.54) is 0 Å². The van der Waals surface area contributed by atoms with E-state index in [-0.39, 0.29) is 17.4 Å². The lowest BCUT2D eigenvalue weighted by Gasteiger charge is -2.42. The van der Waals surface area contributed by atoms with Crippen LogP contribution in [-0.4, -0.2) is 43.8 Å². The Morgan fingerprint density at radius 2 is 2.19 bits per heavy atom. The Morgan fingerprint density at radius 3 is 2.81 bits per heavy atom. The van der Waals surface area contributed by atoms with Gasteiger partial charge in [0.25, 0.3) is 0 Å². The molecule has 1 atom stereocenters. The van der Waals surface area contributed by atoms with Crippen LogP contribution >= 0.6 is 0 Å². The molecule has 4 heteroatoms. The van der Waals surface area contributed by atoms with Crippen LogP contribution in [0.3, 0.4) is 0 Å². The minimum absolute atomic E-state index is 0.0784. The van der Waals surface area contributed by atoms with Crippen LogP contribution in [0.15, 0.2) is 18.2 Å². The number of hydrogen-bond acceptors (Lipinski definition) is 3. The zero-order chi connectivity index (χ0) is 15.5. The van der Waals surface area contributed by atoms with Crippen molar-refractivity contribution >= 4 is 0 Å². The molecule has 118 valence electrons. The molecular weight excluding hydrogens is 267 g/mol. The van der Waals surface area contributed by atoms with E-state index < -0.39 is 0 Å². The van der Waals surface area contributed by atoms with E-state index in [2.05, 4.69) is 24.1 Å². The first-order valence-electron chi connectivity index (χ1n) is 7.70. The van der Waals surface area contributed by atoms with Gasteiger partial charge in [-0.05, 0) is 51.4 Å². The molecule has 0 bridgehead atoms. The summed E-state index contributed by atoms with van der Waals surface area (Å²) in [5.41, 5.74) is 1.80. The molecule has 1 aliphatic rings. The molecule has 1 fully saturated rings. The Balaban J connectivity index is 2.00. The summed E-state index contributed by atoms with van der Waals surface area (Å²) in [7, 11) is 1.94. The van der Waals surface area contributed by atoms with Gasteiger partial charge in [-0.1, -0.05) is 12.1 Å². The first-order chi connectivity index (χ1) is 9.94. The summed E-state index contributed by atoms with van der Waals surface area (Å²) in [6, 6.07) is 5.71. The quantitative estimate of drug-likeness (QED) is 0.904. The molecule has 1 N–H and O–H groups in total. The fourth-order valence-corrected chi connectivity index (χ4v) is 2.89. The number of nitrogens with zero attached hydrogens (tertiary/aromatic N) is 1. The van der Waals surface area contributed by atoms with Crippen molar-refractivity contribution in [1.82, 2.24) is 10.2 Å². The first kappa shape index (κ1) is 16.4. The highest BCUT2D eigenvalue weighted by Crippen LogP contribution is 2.23. The van der Waals surface area contributed by atoms with Crippen LogP contribution in [0.1, 0.15) is 37.4 Å². The molecule has 1 aliphatic heterocycles. The van der Waals surface area contributed by atoms with Crippen molar-refractivity contribution in [2.75, 3.05) is 33.4 Å². The zero-order valence-electron chi connectivity index (χ0n) is 13.6. The summed E-state index contributed by atoms with van der Waals surface area (Å²) in [5.74, 6) is -0.126. The Bertz CT molecular complexity index is 476. The SMILES string of the molecule is CNC(CCN1CCOCC1(C)C)c1ccc(C)c(F)c1. The van der Waals surface area contributed by atoms with E-state index in [4.69, 9.17) is 4.74 Å². The van der Waals surface area contributed by atoms with Gasteiger partial charge in [0.2, 0.25) is 0 Å². The minimum atomic E-state index is -0.126. The van der Waals surface area contributed by atoms with Crippen molar-refractivity contribution in [3.05, 3.63) is 35.1 Å². The number of aryl methyl sites for hydroxylation is 1. The smallest absolute Gasteiger partial charge is 0.126 e. The topological polar surface area (TPSA) is 24.5 Å². The molecule has 0 aliphatic carbocycles. The predicted molar refractivity (Wildman–Crippen MR) is 84.0 cm³/mol. The lowest BCUT2D eigenvalue weighted by Crippen LogP contribution is -2.53. The number of ether oxygens (including phenoxy) is 1. The molecule has 1 unspecified atom stereocenters. The van der Waals surface area contributed by atoms with Gasteiger partial charge in [0.15, 0.2) is 0 Å². The average molecular weight is 294 g/mol. The molecule has 21 heavy (non-hydrogen) atoms. The van der Waals surface area contributed by atoms with Crippen molar-refractivity contribution in [2.24, 2.45) is 0 Å². The van der Waals surface area contributed by atoms with Gasteiger partial charge in [0.1, 0.15) is 5.82 Å². The second-order valence-electron chi connectivity index (χ2n) is 6.49. The fraction of sp³-hybridized carbons (Fsp3) is 0.647. The van der Waals surface area contributed by atoms with Gasteiger partial charge >= 0.3 is 0 Å². The number of rotatable bonds is 5. The zero-order valence-corrected chi connectivity index (χ0v) is 13.6. The molecule has 1 heterocycles. The molecule has 0 spiro atoms. The van der Waals surface area contributed by atoms with Gasteiger partial charge < -0.3 is 10.1 Å². The Hall–Kier alpha value is -0.970. The first-order valence-corrected chi connectivity index (χ1v) is 7.70. The maximum Gasteiger partial charge on any atom is 0.126 e. The molecule has 0 radical (unpaired) electrons. The van der Waals surface area contributed by atoms with E-state index in [1.807, 2.05) is 19.2 Å². The third kappa shape index (κ3) is 4.02. The third-order valence-electron chi connectivity index (χ3n) is 4.45. The maximum absolute atomic E-state index is 13.7. The van der Waals surface area contributed by atoms with Crippen LogP contribution < -0.4 is 5.32 Å². The summed E-state index contributed by atoms with van der Waals surface area (Å²) in [6.45, 7) is 9.74. The lowest BCUT2D eigenvalue weighted by molar-refractivity contribution is -0.0520. The molecule has 2 rings (SSSR count). The molecule has 1 aromatic rings. The van der Waals surface area contributed by atoms with E-state index in [1.54, 1.807) is 13.0 Å². The minimum Gasteiger partial charge on any atom is -0.378 e. The van der Waals surface area contributed by atoms with Gasteiger partial charge in [0, 0.05) is 24.7 Å². The monoisotopic (exact) mass is 294 g/mol. The molecule has 1 saturated heterocycles. The van der Waals surface area contributed by atoms with Crippen LogP contribution in [0.5, 0.6) is 0 Å². The highest BCUT2D eigenvalue weighted by molar-refractivity contribution is 5.25. The highest BCUT2D eigenvalue weighted by Gasteiger charge is 2.30. The van der Waals surface area contributed by atoms with Crippen LogP contribution in [0, 0.1) is 12.7 Å². The normalized spacial score (nSPS) is 20.4. The second-order valence-corrected chi connectivity index (χ2v) is 6.49. The molecule has 0 aromatic heterocycles. The largest absolute Gasteiger partial charge is 0.378 e. The number of hydrogen-bond donors (Lipinski definition) is 1. The lowest BCUT2D eigenvalue weighted by atomic mass is 9.98. The summed E-state index contributed by atoms with van der Waals surface area (Å²) >= 11 is 0. The molecular formula is C17H27FN2O. The standard InChI is InChI=1S/C17H27FN2O/c1-13-5-6-14(11-15(13)18)16(19-4)7-8-20-9-10-21-12-17(20,2)3/h5-6,11,16,19H,7-10,12H2,1-4H3. The Labute approximate surface area is 127 Å². The van der Waals surface area contributed by atoms with Crippen LogP contribution in [-0.2, 0) is 4.74 Å². The summed E-state index contributed by atoms with van der Waals surface area (Å²) in [5, 5.41) is 3.31. The number of nitrogens with one attached hydrogen (secondary N) is 1. The number of halogens is 1.